The molecular weight excluding hydrogens is 147 g/mol. The molecule has 0 saturated carbocycles. The summed E-state index contributed by atoms with van der Waals surface area (Å²) in [6, 6.07) is 0. The second-order valence-electron chi connectivity index (χ2n) is 2.90. The van der Waals surface area contributed by atoms with Crippen LogP contribution in [0.3, 0.4) is 0 Å². The van der Waals surface area contributed by atoms with E-state index in [2.05, 4.69) is 0 Å². The SMILES string of the molecule is C[C@]1(O)C=CC(F)=C[C@H]1CO. The Morgan fingerprint density at radius 1 is 1.73 bits per heavy atom. The van der Waals surface area contributed by atoms with Crippen LogP contribution in [0.15, 0.2) is 24.1 Å². The maximum Gasteiger partial charge on any atom is 0.119 e. The van der Waals surface area contributed by atoms with Crippen molar-refractivity contribution in [1.82, 2.24) is 0 Å². The molecule has 1 rings (SSSR count). The molecule has 2 atom stereocenters. The Hall–Kier alpha value is -0.670. The van der Waals surface area contributed by atoms with Gasteiger partial charge in [-0.15, -0.1) is 0 Å². The lowest BCUT2D eigenvalue weighted by atomic mass is 9.86. The van der Waals surface area contributed by atoms with Crippen LogP contribution in [0.1, 0.15) is 6.92 Å². The zero-order valence-electron chi connectivity index (χ0n) is 6.29. The smallest absolute Gasteiger partial charge is 0.119 e. The van der Waals surface area contributed by atoms with Crippen LogP contribution < -0.4 is 0 Å². The first-order chi connectivity index (χ1) is 5.06. The van der Waals surface area contributed by atoms with Gasteiger partial charge in [-0.3, -0.25) is 0 Å². The van der Waals surface area contributed by atoms with Crippen molar-refractivity contribution in [1.29, 1.82) is 0 Å². The summed E-state index contributed by atoms with van der Waals surface area (Å²) in [6.07, 6.45) is 3.77. The van der Waals surface area contributed by atoms with Gasteiger partial charge in [-0.05, 0) is 25.2 Å². The van der Waals surface area contributed by atoms with Gasteiger partial charge in [0.25, 0.3) is 0 Å². The third-order valence-corrected chi connectivity index (χ3v) is 1.89. The second-order valence-corrected chi connectivity index (χ2v) is 2.90. The Morgan fingerprint density at radius 2 is 2.36 bits per heavy atom. The normalized spacial score (nSPS) is 37.1. The highest BCUT2D eigenvalue weighted by Gasteiger charge is 2.29. The number of allylic oxidation sites excluding steroid dienone is 2. The minimum Gasteiger partial charge on any atom is -0.396 e. The molecule has 1 aliphatic rings. The van der Waals surface area contributed by atoms with Gasteiger partial charge in [0.05, 0.1) is 12.2 Å². The Bertz CT molecular complexity index is 206. The van der Waals surface area contributed by atoms with E-state index in [1.807, 2.05) is 0 Å². The predicted octanol–water partition coefficient (Wildman–Crippen LogP) is 0.769. The van der Waals surface area contributed by atoms with Crippen molar-refractivity contribution in [3.05, 3.63) is 24.1 Å². The van der Waals surface area contributed by atoms with Gasteiger partial charge in [-0.1, -0.05) is 0 Å². The highest BCUT2D eigenvalue weighted by molar-refractivity contribution is 5.24. The van der Waals surface area contributed by atoms with Gasteiger partial charge < -0.3 is 10.2 Å². The molecule has 1 aliphatic carbocycles. The number of halogens is 1. The van der Waals surface area contributed by atoms with E-state index in [4.69, 9.17) is 5.11 Å². The molecule has 0 aromatic rings. The number of rotatable bonds is 1. The lowest BCUT2D eigenvalue weighted by molar-refractivity contribution is 0.0361. The average molecular weight is 158 g/mol. The molecule has 0 unspecified atom stereocenters. The summed E-state index contributed by atoms with van der Waals surface area (Å²) in [5.41, 5.74) is -1.12. The van der Waals surface area contributed by atoms with E-state index in [9.17, 15) is 9.50 Å². The summed E-state index contributed by atoms with van der Waals surface area (Å²) in [6.45, 7) is 1.29. The molecule has 0 amide bonds. The number of hydrogen-bond acceptors (Lipinski definition) is 2. The van der Waals surface area contributed by atoms with Gasteiger partial charge in [-0.25, -0.2) is 4.39 Å². The summed E-state index contributed by atoms with van der Waals surface area (Å²) in [5, 5.41) is 18.2. The largest absolute Gasteiger partial charge is 0.396 e. The molecule has 0 aromatic carbocycles. The van der Waals surface area contributed by atoms with E-state index in [1.165, 1.54) is 25.2 Å². The van der Waals surface area contributed by atoms with Crippen LogP contribution in [0.4, 0.5) is 4.39 Å². The fraction of sp³-hybridized carbons (Fsp3) is 0.500. The molecule has 62 valence electrons. The van der Waals surface area contributed by atoms with Gasteiger partial charge in [0.2, 0.25) is 0 Å². The third kappa shape index (κ3) is 1.67. The predicted molar refractivity (Wildman–Crippen MR) is 39.5 cm³/mol. The minimum atomic E-state index is -1.12. The molecule has 0 saturated heterocycles. The fourth-order valence-electron chi connectivity index (χ4n) is 1.03. The zero-order valence-corrected chi connectivity index (χ0v) is 6.29. The first-order valence-corrected chi connectivity index (χ1v) is 3.46. The minimum absolute atomic E-state index is 0.245. The van der Waals surface area contributed by atoms with Crippen LogP contribution in [0.5, 0.6) is 0 Å². The summed E-state index contributed by atoms with van der Waals surface area (Å²) in [5.74, 6) is -0.942. The molecule has 3 heteroatoms. The molecule has 0 bridgehead atoms. The average Bonchev–Trinajstić information content (AvgIpc) is 1.94. The van der Waals surface area contributed by atoms with E-state index in [0.717, 1.165) is 0 Å². The van der Waals surface area contributed by atoms with Gasteiger partial charge in [-0.2, -0.15) is 0 Å². The van der Waals surface area contributed by atoms with Gasteiger partial charge in [0, 0.05) is 5.92 Å². The Balaban J connectivity index is 2.84. The molecule has 11 heavy (non-hydrogen) atoms. The topological polar surface area (TPSA) is 40.5 Å². The van der Waals surface area contributed by atoms with Crippen molar-refractivity contribution in [2.75, 3.05) is 6.61 Å². The maximum atomic E-state index is 12.5. The first kappa shape index (κ1) is 8.43. The Labute approximate surface area is 64.7 Å². The van der Waals surface area contributed by atoms with Gasteiger partial charge >= 0.3 is 0 Å². The van der Waals surface area contributed by atoms with E-state index >= 15 is 0 Å². The Morgan fingerprint density at radius 3 is 2.82 bits per heavy atom. The van der Waals surface area contributed by atoms with Gasteiger partial charge in [0.1, 0.15) is 5.83 Å². The molecule has 0 fully saturated rings. The van der Waals surface area contributed by atoms with Crippen molar-refractivity contribution < 1.29 is 14.6 Å². The van der Waals surface area contributed by atoms with Crippen LogP contribution in [-0.4, -0.2) is 22.4 Å². The lowest BCUT2D eigenvalue weighted by Gasteiger charge is -2.28. The van der Waals surface area contributed by atoms with Crippen molar-refractivity contribution in [3.8, 4) is 0 Å². The van der Waals surface area contributed by atoms with Crippen molar-refractivity contribution in [2.45, 2.75) is 12.5 Å². The first-order valence-electron chi connectivity index (χ1n) is 3.46. The van der Waals surface area contributed by atoms with Crippen molar-refractivity contribution >= 4 is 0 Å². The monoisotopic (exact) mass is 158 g/mol. The van der Waals surface area contributed by atoms with Crippen molar-refractivity contribution in [2.24, 2.45) is 5.92 Å². The molecule has 2 nitrogen and oxygen atoms in total. The molecule has 0 aromatic heterocycles. The Kier molecular flexibility index (Phi) is 2.11. The quantitative estimate of drug-likeness (QED) is 0.591. The van der Waals surface area contributed by atoms with E-state index < -0.39 is 17.3 Å². The van der Waals surface area contributed by atoms with Crippen LogP contribution in [0.25, 0.3) is 0 Å². The maximum absolute atomic E-state index is 12.5. The van der Waals surface area contributed by atoms with E-state index in [-0.39, 0.29) is 6.61 Å². The van der Waals surface area contributed by atoms with Crippen LogP contribution in [-0.2, 0) is 0 Å². The summed E-state index contributed by atoms with van der Waals surface area (Å²) in [7, 11) is 0. The van der Waals surface area contributed by atoms with Crippen LogP contribution in [0, 0.1) is 5.92 Å². The van der Waals surface area contributed by atoms with Crippen LogP contribution in [0.2, 0.25) is 0 Å². The van der Waals surface area contributed by atoms with Gasteiger partial charge in [0.15, 0.2) is 0 Å². The molecular formula is C8H11FO2. The molecule has 0 radical (unpaired) electrons. The lowest BCUT2D eigenvalue weighted by Crippen LogP contribution is -2.35. The van der Waals surface area contributed by atoms with E-state index in [1.54, 1.807) is 0 Å². The molecule has 0 spiro atoms. The van der Waals surface area contributed by atoms with Crippen LogP contribution >= 0.6 is 0 Å². The number of aliphatic hydroxyl groups excluding tert-OH is 1. The summed E-state index contributed by atoms with van der Waals surface area (Å²) in [4.78, 5) is 0. The zero-order chi connectivity index (χ0) is 8.48. The molecule has 2 N–H and O–H groups in total. The van der Waals surface area contributed by atoms with E-state index in [0.29, 0.717) is 0 Å². The van der Waals surface area contributed by atoms with Crippen molar-refractivity contribution in [3.63, 3.8) is 0 Å². The third-order valence-electron chi connectivity index (χ3n) is 1.89. The summed E-state index contributed by atoms with van der Waals surface area (Å²) >= 11 is 0. The highest BCUT2D eigenvalue weighted by Crippen LogP contribution is 2.26. The molecule has 0 heterocycles. The number of aliphatic hydroxyl groups is 2. The number of hydrogen-bond donors (Lipinski definition) is 2. The summed E-state index contributed by atoms with van der Waals surface area (Å²) < 4.78 is 12.5. The molecule has 0 aliphatic heterocycles. The standard InChI is InChI=1S/C8H11FO2/c1-8(11)3-2-7(9)4-6(8)5-10/h2-4,6,10-11H,5H2,1H3/t6-,8-/m0/s1. The second kappa shape index (κ2) is 2.75. The highest BCUT2D eigenvalue weighted by atomic mass is 19.1. The fourth-order valence-corrected chi connectivity index (χ4v) is 1.03.